The van der Waals surface area contributed by atoms with Crippen molar-refractivity contribution in [1.29, 1.82) is 0 Å². The Hall–Kier alpha value is -1.14. The minimum Gasteiger partial charge on any atom is -0.374 e. The Bertz CT molecular complexity index is 383. The van der Waals surface area contributed by atoms with E-state index in [4.69, 9.17) is 4.74 Å². The van der Waals surface area contributed by atoms with Crippen LogP contribution in [0, 0.1) is 0 Å². The molecule has 2 rings (SSSR count). The van der Waals surface area contributed by atoms with E-state index < -0.39 is 11.6 Å². The van der Waals surface area contributed by atoms with Gasteiger partial charge < -0.3 is 19.9 Å². The number of amides is 2. The molecule has 2 aliphatic heterocycles. The molecule has 0 aromatic heterocycles. The summed E-state index contributed by atoms with van der Waals surface area (Å²) in [6.45, 7) is 8.08. The first-order valence-corrected chi connectivity index (χ1v) is 6.74. The number of piperazine rings is 1. The van der Waals surface area contributed by atoms with Gasteiger partial charge in [0.05, 0.1) is 12.7 Å². The molecule has 0 aliphatic carbocycles. The quantitative estimate of drug-likeness (QED) is 0.730. The molecule has 0 radical (unpaired) electrons. The minimum absolute atomic E-state index is 0.0214. The third kappa shape index (κ3) is 2.90. The zero-order chi connectivity index (χ0) is 14.2. The van der Waals surface area contributed by atoms with Gasteiger partial charge in [0.2, 0.25) is 11.8 Å². The number of hydrogen-bond donors (Lipinski definition) is 1. The van der Waals surface area contributed by atoms with Crippen molar-refractivity contribution in [3.05, 3.63) is 0 Å². The maximum atomic E-state index is 12.4. The molecule has 0 bridgehead atoms. The summed E-state index contributed by atoms with van der Waals surface area (Å²) < 4.78 is 5.68. The first-order valence-electron chi connectivity index (χ1n) is 6.74. The lowest BCUT2D eigenvalue weighted by Crippen LogP contribution is -2.68. The maximum absolute atomic E-state index is 12.4. The highest BCUT2D eigenvalue weighted by atomic mass is 16.5. The van der Waals surface area contributed by atoms with Crippen LogP contribution in [0.2, 0.25) is 0 Å². The number of nitrogens with one attached hydrogen (secondary N) is 1. The SMILES string of the molecule is CC1C(=O)NC(C)(C)C(=O)N1CC1CN(C)CCO1. The average molecular weight is 269 g/mol. The largest absolute Gasteiger partial charge is 0.374 e. The van der Waals surface area contributed by atoms with Gasteiger partial charge >= 0.3 is 0 Å². The molecule has 2 unspecified atom stereocenters. The van der Waals surface area contributed by atoms with E-state index in [0.29, 0.717) is 13.2 Å². The molecule has 2 saturated heterocycles. The average Bonchev–Trinajstić information content (AvgIpc) is 2.32. The maximum Gasteiger partial charge on any atom is 0.248 e. The molecule has 1 N–H and O–H groups in total. The molecule has 108 valence electrons. The third-order valence-corrected chi connectivity index (χ3v) is 3.82. The molecule has 0 aromatic carbocycles. The van der Waals surface area contributed by atoms with Crippen LogP contribution in [0.3, 0.4) is 0 Å². The zero-order valence-electron chi connectivity index (χ0n) is 12.1. The normalized spacial score (nSPS) is 32.3. The van der Waals surface area contributed by atoms with Crippen LogP contribution in [0.25, 0.3) is 0 Å². The smallest absolute Gasteiger partial charge is 0.248 e. The number of likely N-dealkylation sites (N-methyl/N-ethyl adjacent to an activating group) is 1. The summed E-state index contributed by atoms with van der Waals surface area (Å²) in [5, 5.41) is 2.75. The van der Waals surface area contributed by atoms with Crippen LogP contribution in [0.15, 0.2) is 0 Å². The van der Waals surface area contributed by atoms with E-state index in [1.807, 2.05) is 7.05 Å². The summed E-state index contributed by atoms with van der Waals surface area (Å²) in [5.41, 5.74) is -0.829. The summed E-state index contributed by atoms with van der Waals surface area (Å²) in [7, 11) is 2.04. The molecule has 2 fully saturated rings. The van der Waals surface area contributed by atoms with Crippen LogP contribution >= 0.6 is 0 Å². The van der Waals surface area contributed by atoms with Gasteiger partial charge in [0, 0.05) is 19.6 Å². The van der Waals surface area contributed by atoms with Crippen molar-refractivity contribution in [3.8, 4) is 0 Å². The van der Waals surface area contributed by atoms with Gasteiger partial charge in [-0.1, -0.05) is 0 Å². The Labute approximate surface area is 114 Å². The van der Waals surface area contributed by atoms with Gasteiger partial charge in [-0.15, -0.1) is 0 Å². The van der Waals surface area contributed by atoms with Crippen molar-refractivity contribution in [2.24, 2.45) is 0 Å². The summed E-state index contributed by atoms with van der Waals surface area (Å²) in [6.07, 6.45) is -0.0214. The molecule has 6 heteroatoms. The third-order valence-electron chi connectivity index (χ3n) is 3.82. The first-order chi connectivity index (χ1) is 8.81. The van der Waals surface area contributed by atoms with Crippen LogP contribution in [-0.4, -0.2) is 72.6 Å². The minimum atomic E-state index is -0.829. The Morgan fingerprint density at radius 1 is 1.42 bits per heavy atom. The Morgan fingerprint density at radius 3 is 2.74 bits per heavy atom. The molecular formula is C13H23N3O3. The van der Waals surface area contributed by atoms with Crippen LogP contribution < -0.4 is 5.32 Å². The topological polar surface area (TPSA) is 61.9 Å². The summed E-state index contributed by atoms with van der Waals surface area (Å²) in [6, 6.07) is -0.434. The second-order valence-electron chi connectivity index (χ2n) is 6.00. The lowest BCUT2D eigenvalue weighted by molar-refractivity contribution is -0.156. The van der Waals surface area contributed by atoms with Crippen LogP contribution in [0.1, 0.15) is 20.8 Å². The number of hydrogen-bond acceptors (Lipinski definition) is 4. The van der Waals surface area contributed by atoms with Crippen molar-refractivity contribution in [2.75, 3.05) is 33.3 Å². The summed E-state index contributed by atoms with van der Waals surface area (Å²) in [4.78, 5) is 28.1. The van der Waals surface area contributed by atoms with E-state index in [-0.39, 0.29) is 17.9 Å². The summed E-state index contributed by atoms with van der Waals surface area (Å²) >= 11 is 0. The Morgan fingerprint density at radius 2 is 2.11 bits per heavy atom. The fourth-order valence-electron chi connectivity index (χ4n) is 2.58. The lowest BCUT2D eigenvalue weighted by Gasteiger charge is -2.43. The second-order valence-corrected chi connectivity index (χ2v) is 6.00. The van der Waals surface area contributed by atoms with Crippen LogP contribution in [0.4, 0.5) is 0 Å². The number of rotatable bonds is 2. The summed E-state index contributed by atoms with van der Waals surface area (Å²) in [5.74, 6) is -0.148. The number of ether oxygens (including phenoxy) is 1. The van der Waals surface area contributed by atoms with Crippen LogP contribution in [-0.2, 0) is 14.3 Å². The predicted molar refractivity (Wildman–Crippen MR) is 70.6 cm³/mol. The molecule has 2 amide bonds. The van der Waals surface area contributed by atoms with Crippen molar-refractivity contribution in [1.82, 2.24) is 15.1 Å². The monoisotopic (exact) mass is 269 g/mol. The van der Waals surface area contributed by atoms with E-state index >= 15 is 0 Å². The van der Waals surface area contributed by atoms with Crippen molar-refractivity contribution >= 4 is 11.8 Å². The Balaban J connectivity index is 2.08. The van der Waals surface area contributed by atoms with Gasteiger partial charge in [0.15, 0.2) is 0 Å². The highest BCUT2D eigenvalue weighted by Gasteiger charge is 2.44. The standard InChI is InChI=1S/C13H23N3O3/c1-9-11(17)14-13(2,3)12(18)16(9)8-10-7-15(4)5-6-19-10/h9-10H,5-8H2,1-4H3,(H,14,17). The predicted octanol–water partition coefficient (Wildman–Crippen LogP) is -0.557. The van der Waals surface area contributed by atoms with Gasteiger partial charge in [0.1, 0.15) is 11.6 Å². The molecule has 0 aromatic rings. The van der Waals surface area contributed by atoms with E-state index in [1.165, 1.54) is 0 Å². The fraction of sp³-hybridized carbons (Fsp3) is 0.846. The Kier molecular flexibility index (Phi) is 3.82. The zero-order valence-corrected chi connectivity index (χ0v) is 12.1. The van der Waals surface area contributed by atoms with Crippen LogP contribution in [0.5, 0.6) is 0 Å². The van der Waals surface area contributed by atoms with E-state index in [9.17, 15) is 9.59 Å². The van der Waals surface area contributed by atoms with Crippen molar-refractivity contribution in [3.63, 3.8) is 0 Å². The fourth-order valence-corrected chi connectivity index (χ4v) is 2.58. The van der Waals surface area contributed by atoms with Crippen molar-refractivity contribution < 1.29 is 14.3 Å². The van der Waals surface area contributed by atoms with Gasteiger partial charge in [-0.2, -0.15) is 0 Å². The second kappa shape index (κ2) is 5.09. The molecule has 19 heavy (non-hydrogen) atoms. The lowest BCUT2D eigenvalue weighted by atomic mass is 9.97. The number of carbonyl (C=O) groups excluding carboxylic acids is 2. The van der Waals surface area contributed by atoms with Gasteiger partial charge in [0.25, 0.3) is 0 Å². The van der Waals surface area contributed by atoms with Gasteiger partial charge in [-0.05, 0) is 27.8 Å². The van der Waals surface area contributed by atoms with Crippen molar-refractivity contribution in [2.45, 2.75) is 38.5 Å². The van der Waals surface area contributed by atoms with E-state index in [1.54, 1.807) is 25.7 Å². The molecule has 2 heterocycles. The molecule has 0 saturated carbocycles. The van der Waals surface area contributed by atoms with E-state index in [2.05, 4.69) is 10.2 Å². The van der Waals surface area contributed by atoms with Gasteiger partial charge in [-0.3, -0.25) is 9.59 Å². The molecule has 2 aliphatic rings. The molecular weight excluding hydrogens is 246 g/mol. The number of carbonyl (C=O) groups is 2. The molecule has 0 spiro atoms. The highest BCUT2D eigenvalue weighted by molar-refractivity contribution is 5.99. The van der Waals surface area contributed by atoms with E-state index in [0.717, 1.165) is 13.1 Å². The molecule has 6 nitrogen and oxygen atoms in total. The number of morpholine rings is 1. The molecule has 2 atom stereocenters. The highest BCUT2D eigenvalue weighted by Crippen LogP contribution is 2.19. The number of nitrogens with zero attached hydrogens (tertiary/aromatic N) is 2. The first kappa shape index (κ1) is 14.3. The van der Waals surface area contributed by atoms with Gasteiger partial charge in [-0.25, -0.2) is 0 Å².